The molecule has 9 nitrogen and oxygen atoms in total. The third kappa shape index (κ3) is 3.12. The Morgan fingerprint density at radius 2 is 1.84 bits per heavy atom. The molecule has 32 heavy (non-hydrogen) atoms. The van der Waals surface area contributed by atoms with Crippen LogP contribution in [0.4, 0.5) is 0 Å². The maximum atomic E-state index is 12.8. The van der Waals surface area contributed by atoms with Crippen LogP contribution in [0.5, 0.6) is 11.5 Å². The summed E-state index contributed by atoms with van der Waals surface area (Å²) < 4.78 is 13.8. The molecule has 1 aromatic carbocycles. The average molecular weight is 433 g/mol. The Morgan fingerprint density at radius 1 is 0.969 bits per heavy atom. The van der Waals surface area contributed by atoms with Crippen LogP contribution in [0, 0.1) is 0 Å². The van der Waals surface area contributed by atoms with Gasteiger partial charge in [-0.15, -0.1) is 0 Å². The number of hydrogen-bond acceptors (Lipinski definition) is 7. The predicted octanol–water partition coefficient (Wildman–Crippen LogP) is 1.12. The zero-order valence-corrected chi connectivity index (χ0v) is 17.6. The van der Waals surface area contributed by atoms with Crippen molar-refractivity contribution in [3.63, 3.8) is 0 Å². The van der Waals surface area contributed by atoms with Crippen LogP contribution >= 0.6 is 0 Å². The molecule has 2 aromatic heterocycles. The maximum absolute atomic E-state index is 12.8. The van der Waals surface area contributed by atoms with E-state index in [-0.39, 0.29) is 18.8 Å². The highest BCUT2D eigenvalue weighted by atomic mass is 16.7. The van der Waals surface area contributed by atoms with Gasteiger partial charge in [0.05, 0.1) is 12.2 Å². The summed E-state index contributed by atoms with van der Waals surface area (Å²) in [7, 11) is 0. The smallest absolute Gasteiger partial charge is 0.332 e. The molecule has 1 spiro atoms. The first-order valence-electron chi connectivity index (χ1n) is 10.8. The lowest BCUT2D eigenvalue weighted by atomic mass is 9.85. The summed E-state index contributed by atoms with van der Waals surface area (Å²) in [5.74, 6) is 2.30. The first kappa shape index (κ1) is 19.2. The zero-order chi connectivity index (χ0) is 21.7. The van der Waals surface area contributed by atoms with E-state index in [0.717, 1.165) is 55.4 Å². The Balaban J connectivity index is 1.28. The number of fused-ring (bicyclic) bond motifs is 3. The SMILES string of the molecule is O=c1c(=O)n2c(nn1Cc1ccccn1)[C@]1(CCN(Cc3ccc4c(c3)OCO4)C1)CC2. The second-order valence-corrected chi connectivity index (χ2v) is 8.74. The molecule has 0 unspecified atom stereocenters. The van der Waals surface area contributed by atoms with E-state index in [2.05, 4.69) is 16.0 Å². The van der Waals surface area contributed by atoms with Crippen molar-refractivity contribution in [2.24, 2.45) is 0 Å². The minimum atomic E-state index is -0.591. The first-order chi connectivity index (χ1) is 15.6. The standard InChI is InChI=1S/C23H23N5O4/c29-20-21(30)28(13-17-3-1-2-8-24-17)25-22-23(7-10-27(20)22)6-9-26(14-23)12-16-4-5-18-19(11-16)32-15-31-18/h1-5,8,11H,6-7,9-10,12-15H2/t23-/m1/s1. The monoisotopic (exact) mass is 433 g/mol. The molecule has 0 radical (unpaired) electrons. The van der Waals surface area contributed by atoms with Gasteiger partial charge in [-0.1, -0.05) is 12.1 Å². The summed E-state index contributed by atoms with van der Waals surface area (Å²) in [5.41, 5.74) is 0.572. The predicted molar refractivity (Wildman–Crippen MR) is 115 cm³/mol. The summed E-state index contributed by atoms with van der Waals surface area (Å²) in [5, 5.41) is 4.70. The van der Waals surface area contributed by atoms with Gasteiger partial charge in [0.15, 0.2) is 11.5 Å². The average Bonchev–Trinajstić information content (AvgIpc) is 3.52. The lowest BCUT2D eigenvalue weighted by Crippen LogP contribution is -2.45. The molecule has 164 valence electrons. The van der Waals surface area contributed by atoms with Gasteiger partial charge in [0.2, 0.25) is 6.79 Å². The van der Waals surface area contributed by atoms with E-state index >= 15 is 0 Å². The molecular weight excluding hydrogens is 410 g/mol. The Hall–Kier alpha value is -3.46. The molecule has 3 aliphatic heterocycles. The maximum Gasteiger partial charge on any atom is 0.332 e. The molecule has 0 N–H and O–H groups in total. The molecule has 3 aliphatic rings. The topological polar surface area (TPSA) is 91.5 Å². The van der Waals surface area contributed by atoms with Crippen LogP contribution < -0.4 is 20.6 Å². The minimum absolute atomic E-state index is 0.194. The van der Waals surface area contributed by atoms with Crippen molar-refractivity contribution in [2.45, 2.75) is 37.9 Å². The quantitative estimate of drug-likeness (QED) is 0.570. The van der Waals surface area contributed by atoms with Gasteiger partial charge in [-0.3, -0.25) is 24.0 Å². The lowest BCUT2D eigenvalue weighted by molar-refractivity contribution is 0.174. The molecule has 5 heterocycles. The molecule has 0 bridgehead atoms. The fourth-order valence-electron chi connectivity index (χ4n) is 5.10. The number of nitrogens with zero attached hydrogens (tertiary/aromatic N) is 5. The highest BCUT2D eigenvalue weighted by molar-refractivity contribution is 5.44. The second-order valence-electron chi connectivity index (χ2n) is 8.74. The molecule has 0 aliphatic carbocycles. The van der Waals surface area contributed by atoms with E-state index in [0.29, 0.717) is 12.2 Å². The van der Waals surface area contributed by atoms with E-state index in [1.54, 1.807) is 10.8 Å². The third-order valence-corrected chi connectivity index (χ3v) is 6.74. The van der Waals surface area contributed by atoms with Crippen LogP contribution in [0.15, 0.2) is 52.2 Å². The van der Waals surface area contributed by atoms with Gasteiger partial charge in [-0.25, -0.2) is 4.68 Å². The van der Waals surface area contributed by atoms with Crippen LogP contribution in [-0.2, 0) is 25.0 Å². The zero-order valence-electron chi connectivity index (χ0n) is 17.6. The third-order valence-electron chi connectivity index (χ3n) is 6.74. The number of aromatic nitrogens is 4. The van der Waals surface area contributed by atoms with Gasteiger partial charge in [-0.05, 0) is 49.2 Å². The summed E-state index contributed by atoms with van der Waals surface area (Å²) >= 11 is 0. The van der Waals surface area contributed by atoms with E-state index in [1.165, 1.54) is 4.68 Å². The van der Waals surface area contributed by atoms with Crippen molar-refractivity contribution in [2.75, 3.05) is 19.9 Å². The van der Waals surface area contributed by atoms with Crippen LogP contribution in [0.1, 0.15) is 29.9 Å². The second kappa shape index (κ2) is 7.30. The molecule has 1 saturated heterocycles. The van der Waals surface area contributed by atoms with Crippen molar-refractivity contribution in [1.82, 2.24) is 24.2 Å². The van der Waals surface area contributed by atoms with E-state index < -0.39 is 11.1 Å². The van der Waals surface area contributed by atoms with Gasteiger partial charge in [0.1, 0.15) is 5.82 Å². The Kier molecular flexibility index (Phi) is 4.39. The minimum Gasteiger partial charge on any atom is -0.454 e. The molecule has 0 amide bonds. The van der Waals surface area contributed by atoms with E-state index in [9.17, 15) is 9.59 Å². The van der Waals surface area contributed by atoms with Crippen LogP contribution in [0.3, 0.4) is 0 Å². The number of ether oxygens (including phenoxy) is 2. The fourth-order valence-corrected chi connectivity index (χ4v) is 5.10. The molecular formula is C23H23N5O4. The van der Waals surface area contributed by atoms with Crippen molar-refractivity contribution < 1.29 is 9.47 Å². The Bertz CT molecular complexity index is 1300. The number of likely N-dealkylation sites (tertiary alicyclic amines) is 1. The highest BCUT2D eigenvalue weighted by Crippen LogP contribution is 2.41. The summed E-state index contributed by atoms with van der Waals surface area (Å²) in [6, 6.07) is 11.6. The summed E-state index contributed by atoms with van der Waals surface area (Å²) in [6.07, 6.45) is 3.40. The molecule has 1 atom stereocenters. The van der Waals surface area contributed by atoms with Gasteiger partial charge in [0, 0.05) is 31.2 Å². The Morgan fingerprint density at radius 3 is 2.72 bits per heavy atom. The highest BCUT2D eigenvalue weighted by Gasteiger charge is 2.47. The van der Waals surface area contributed by atoms with E-state index in [1.807, 2.05) is 30.3 Å². The number of rotatable bonds is 4. The van der Waals surface area contributed by atoms with Crippen molar-refractivity contribution in [3.8, 4) is 11.5 Å². The summed E-state index contributed by atoms with van der Waals surface area (Å²) in [4.78, 5) is 32.1. The summed E-state index contributed by atoms with van der Waals surface area (Å²) in [6.45, 7) is 3.50. The van der Waals surface area contributed by atoms with Crippen molar-refractivity contribution >= 4 is 0 Å². The van der Waals surface area contributed by atoms with E-state index in [4.69, 9.17) is 14.6 Å². The van der Waals surface area contributed by atoms with Crippen LogP contribution in [-0.4, -0.2) is 44.1 Å². The van der Waals surface area contributed by atoms with Crippen molar-refractivity contribution in [3.05, 3.63) is 80.4 Å². The van der Waals surface area contributed by atoms with Gasteiger partial charge in [0.25, 0.3) is 0 Å². The number of benzene rings is 1. The fraction of sp³-hybridized carbons (Fsp3) is 0.391. The molecule has 3 aromatic rings. The first-order valence-corrected chi connectivity index (χ1v) is 10.8. The van der Waals surface area contributed by atoms with Gasteiger partial charge >= 0.3 is 11.1 Å². The normalized spacial score (nSPS) is 21.4. The van der Waals surface area contributed by atoms with Crippen molar-refractivity contribution in [1.29, 1.82) is 0 Å². The number of pyridine rings is 1. The molecule has 9 heteroatoms. The van der Waals surface area contributed by atoms with Gasteiger partial charge < -0.3 is 9.47 Å². The molecule has 6 rings (SSSR count). The largest absolute Gasteiger partial charge is 0.454 e. The molecule has 1 fully saturated rings. The van der Waals surface area contributed by atoms with Crippen LogP contribution in [0.25, 0.3) is 0 Å². The van der Waals surface area contributed by atoms with Crippen LogP contribution in [0.2, 0.25) is 0 Å². The van der Waals surface area contributed by atoms with Gasteiger partial charge in [-0.2, -0.15) is 5.10 Å². The molecule has 0 saturated carbocycles. The Labute approximate surface area is 183 Å². The lowest BCUT2D eigenvalue weighted by Gasteiger charge is -2.24. The number of hydrogen-bond donors (Lipinski definition) is 0.